The zero-order valence-corrected chi connectivity index (χ0v) is 10.2. The highest BCUT2D eigenvalue weighted by molar-refractivity contribution is 8.00. The first kappa shape index (κ1) is 15.3. The van der Waals surface area contributed by atoms with Crippen LogP contribution >= 0.6 is 11.8 Å². The Morgan fingerprint density at radius 2 is 2.00 bits per heavy atom. The number of alkyl halides is 3. The molecule has 0 spiro atoms. The molecule has 0 aliphatic rings. The van der Waals surface area contributed by atoms with Crippen LogP contribution in [0.3, 0.4) is 0 Å². The minimum absolute atomic E-state index is 0.191. The van der Waals surface area contributed by atoms with Crippen molar-refractivity contribution in [2.24, 2.45) is 0 Å². The normalized spacial score (nSPS) is 11.1. The van der Waals surface area contributed by atoms with E-state index in [4.69, 9.17) is 0 Å². The average Bonchev–Trinajstić information content (AvgIpc) is 2.33. The van der Waals surface area contributed by atoms with Crippen molar-refractivity contribution in [1.82, 2.24) is 0 Å². The Balaban J connectivity index is 2.53. The van der Waals surface area contributed by atoms with Crippen molar-refractivity contribution >= 4 is 23.4 Å². The molecule has 0 N–H and O–H groups in total. The number of benzene rings is 1. The Morgan fingerprint density at radius 3 is 2.58 bits per heavy atom. The first-order valence-corrected chi connectivity index (χ1v) is 5.87. The van der Waals surface area contributed by atoms with Gasteiger partial charge in [-0.1, -0.05) is 12.1 Å². The number of nitro groups is 1. The van der Waals surface area contributed by atoms with Gasteiger partial charge in [-0.05, 0) is 6.07 Å². The maximum absolute atomic E-state index is 11.8. The largest absolute Gasteiger partial charge is 0.455 e. The molecule has 0 radical (unpaired) electrons. The standard InChI is InChI=1S/C10H8F3NO4S/c11-10(12,13)6-18-9(15)5-19-8-4-2-1-3-7(8)14(16)17/h1-4H,5-6H2. The molecule has 1 aromatic rings. The summed E-state index contributed by atoms with van der Waals surface area (Å²) >= 11 is 0.751. The van der Waals surface area contributed by atoms with E-state index >= 15 is 0 Å². The molecule has 0 bridgehead atoms. The van der Waals surface area contributed by atoms with Crippen LogP contribution in [0.4, 0.5) is 18.9 Å². The monoisotopic (exact) mass is 295 g/mol. The summed E-state index contributed by atoms with van der Waals surface area (Å²) in [6.45, 7) is -1.66. The van der Waals surface area contributed by atoms with Gasteiger partial charge in [-0.3, -0.25) is 14.9 Å². The Hall–Kier alpha value is -1.77. The number of carbonyl (C=O) groups excluding carboxylic acids is 1. The molecule has 0 amide bonds. The fourth-order valence-electron chi connectivity index (χ4n) is 1.07. The lowest BCUT2D eigenvalue weighted by Crippen LogP contribution is -2.21. The number of nitro benzene ring substituents is 1. The molecule has 0 aromatic heterocycles. The number of halogens is 3. The number of hydrogen-bond acceptors (Lipinski definition) is 5. The van der Waals surface area contributed by atoms with E-state index in [-0.39, 0.29) is 10.6 Å². The summed E-state index contributed by atoms with van der Waals surface area (Å²) in [6, 6.07) is 5.61. The smallest absolute Gasteiger partial charge is 0.422 e. The van der Waals surface area contributed by atoms with Gasteiger partial charge in [0.15, 0.2) is 6.61 Å². The molecular weight excluding hydrogens is 287 g/mol. The number of nitrogens with zero attached hydrogens (tertiary/aromatic N) is 1. The second kappa shape index (κ2) is 6.41. The lowest BCUT2D eigenvalue weighted by molar-refractivity contribution is -0.387. The Morgan fingerprint density at radius 1 is 1.37 bits per heavy atom. The molecule has 0 heterocycles. The van der Waals surface area contributed by atoms with Gasteiger partial charge in [0.2, 0.25) is 0 Å². The van der Waals surface area contributed by atoms with E-state index in [1.165, 1.54) is 24.3 Å². The third-order valence-electron chi connectivity index (χ3n) is 1.80. The van der Waals surface area contributed by atoms with E-state index in [0.717, 1.165) is 11.8 Å². The van der Waals surface area contributed by atoms with E-state index in [9.17, 15) is 28.1 Å². The minimum Gasteiger partial charge on any atom is -0.455 e. The van der Waals surface area contributed by atoms with Gasteiger partial charge >= 0.3 is 12.1 Å². The highest BCUT2D eigenvalue weighted by Gasteiger charge is 2.29. The van der Waals surface area contributed by atoms with Crippen molar-refractivity contribution in [3.8, 4) is 0 Å². The first-order chi connectivity index (χ1) is 8.79. The molecule has 1 rings (SSSR count). The quantitative estimate of drug-likeness (QED) is 0.361. The molecule has 1 aromatic carbocycles. The molecule has 104 valence electrons. The summed E-state index contributed by atoms with van der Waals surface area (Å²) < 4.78 is 39.3. The zero-order valence-electron chi connectivity index (χ0n) is 9.35. The number of rotatable bonds is 5. The Labute approximate surface area is 109 Å². The molecule has 0 saturated heterocycles. The van der Waals surface area contributed by atoms with Crippen LogP contribution in [0.2, 0.25) is 0 Å². The predicted molar refractivity (Wildman–Crippen MR) is 60.8 cm³/mol. The second-order valence-electron chi connectivity index (χ2n) is 3.29. The number of thioether (sulfide) groups is 1. The third-order valence-corrected chi connectivity index (χ3v) is 2.84. The Bertz CT molecular complexity index is 478. The van der Waals surface area contributed by atoms with Crippen molar-refractivity contribution in [2.45, 2.75) is 11.1 Å². The lowest BCUT2D eigenvalue weighted by atomic mass is 10.3. The van der Waals surface area contributed by atoms with Crippen LogP contribution in [-0.4, -0.2) is 29.4 Å². The van der Waals surface area contributed by atoms with Gasteiger partial charge in [-0.15, -0.1) is 11.8 Å². The molecule has 0 aliphatic carbocycles. The van der Waals surface area contributed by atoms with Gasteiger partial charge in [-0.2, -0.15) is 13.2 Å². The van der Waals surface area contributed by atoms with Gasteiger partial charge in [0, 0.05) is 6.07 Å². The van der Waals surface area contributed by atoms with Crippen molar-refractivity contribution < 1.29 is 27.6 Å². The first-order valence-electron chi connectivity index (χ1n) is 4.88. The van der Waals surface area contributed by atoms with Gasteiger partial charge < -0.3 is 4.74 Å². The summed E-state index contributed by atoms with van der Waals surface area (Å²) in [6.07, 6.45) is -4.58. The SMILES string of the molecule is O=C(CSc1ccccc1[N+](=O)[O-])OCC(F)(F)F. The van der Waals surface area contributed by atoms with E-state index in [2.05, 4.69) is 4.74 Å². The predicted octanol–water partition coefficient (Wildman–Crippen LogP) is 2.79. The van der Waals surface area contributed by atoms with Crippen molar-refractivity contribution in [3.63, 3.8) is 0 Å². The van der Waals surface area contributed by atoms with E-state index in [1.54, 1.807) is 0 Å². The van der Waals surface area contributed by atoms with Crippen LogP contribution in [0, 0.1) is 10.1 Å². The van der Waals surface area contributed by atoms with Gasteiger partial charge in [0.05, 0.1) is 15.6 Å². The number of ether oxygens (including phenoxy) is 1. The molecule has 5 nitrogen and oxygen atoms in total. The van der Waals surface area contributed by atoms with Crippen LogP contribution in [0.5, 0.6) is 0 Å². The molecule has 0 aliphatic heterocycles. The minimum atomic E-state index is -4.58. The zero-order chi connectivity index (χ0) is 14.5. The fourth-order valence-corrected chi connectivity index (χ4v) is 1.89. The van der Waals surface area contributed by atoms with Crippen molar-refractivity contribution in [1.29, 1.82) is 0 Å². The maximum Gasteiger partial charge on any atom is 0.422 e. The summed E-state index contributed by atoms with van der Waals surface area (Å²) in [5.41, 5.74) is -0.212. The molecule has 0 saturated carbocycles. The topological polar surface area (TPSA) is 69.4 Å². The molecule has 0 atom stereocenters. The van der Waals surface area contributed by atoms with Crippen LogP contribution < -0.4 is 0 Å². The third kappa shape index (κ3) is 5.60. The summed E-state index contributed by atoms with van der Waals surface area (Å²) in [5, 5.41) is 10.7. The molecule has 0 unspecified atom stereocenters. The van der Waals surface area contributed by atoms with Gasteiger partial charge in [0.25, 0.3) is 5.69 Å². The number of esters is 1. The summed E-state index contributed by atoms with van der Waals surface area (Å²) in [7, 11) is 0. The highest BCUT2D eigenvalue weighted by atomic mass is 32.2. The molecule has 0 fully saturated rings. The van der Waals surface area contributed by atoms with Crippen molar-refractivity contribution in [2.75, 3.05) is 12.4 Å². The van der Waals surface area contributed by atoms with E-state index in [0.29, 0.717) is 0 Å². The number of hydrogen-bond donors (Lipinski definition) is 0. The van der Waals surface area contributed by atoms with E-state index in [1.807, 2.05) is 0 Å². The van der Waals surface area contributed by atoms with Crippen LogP contribution in [-0.2, 0) is 9.53 Å². The van der Waals surface area contributed by atoms with Gasteiger partial charge in [-0.25, -0.2) is 0 Å². The number of carbonyl (C=O) groups is 1. The van der Waals surface area contributed by atoms with Crippen LogP contribution in [0.1, 0.15) is 0 Å². The van der Waals surface area contributed by atoms with E-state index < -0.39 is 29.4 Å². The highest BCUT2D eigenvalue weighted by Crippen LogP contribution is 2.28. The van der Waals surface area contributed by atoms with Crippen molar-refractivity contribution in [3.05, 3.63) is 34.4 Å². The van der Waals surface area contributed by atoms with Gasteiger partial charge in [0.1, 0.15) is 0 Å². The molecule has 9 heteroatoms. The Kier molecular flexibility index (Phi) is 5.16. The second-order valence-corrected chi connectivity index (χ2v) is 4.31. The maximum atomic E-state index is 11.8. The lowest BCUT2D eigenvalue weighted by Gasteiger charge is -2.07. The number of para-hydroxylation sites is 1. The molecular formula is C10H8F3NO4S. The van der Waals surface area contributed by atoms with Crippen LogP contribution in [0.15, 0.2) is 29.2 Å². The summed E-state index contributed by atoms with van der Waals surface area (Å²) in [5.74, 6) is -1.51. The fraction of sp³-hybridized carbons (Fsp3) is 0.300. The average molecular weight is 295 g/mol. The summed E-state index contributed by atoms with van der Waals surface area (Å²) in [4.78, 5) is 21.2. The molecule has 19 heavy (non-hydrogen) atoms. The van der Waals surface area contributed by atoms with Crippen LogP contribution in [0.25, 0.3) is 0 Å².